The van der Waals surface area contributed by atoms with Gasteiger partial charge in [0.25, 0.3) is 0 Å². The third-order valence-corrected chi connectivity index (χ3v) is 2.01. The summed E-state index contributed by atoms with van der Waals surface area (Å²) in [6.45, 7) is 1.75. The molecule has 0 spiro atoms. The van der Waals surface area contributed by atoms with Crippen molar-refractivity contribution in [2.24, 2.45) is 7.05 Å². The molecule has 72 valence electrons. The largest absolute Gasteiger partial charge is 0.481 e. The molecule has 1 aromatic rings. The summed E-state index contributed by atoms with van der Waals surface area (Å²) < 4.78 is 6.56. The number of ketones is 1. The molecule has 1 aromatic heterocycles. The zero-order chi connectivity index (χ0) is 10.0. The van der Waals surface area contributed by atoms with E-state index < -0.39 is 0 Å². The SMILES string of the molecule is COc1c(C(=O)CCl)c(C)nn1C. The monoisotopic (exact) mass is 202 g/mol. The first-order valence-electron chi connectivity index (χ1n) is 3.78. The first kappa shape index (κ1) is 10.1. The van der Waals surface area contributed by atoms with Crippen molar-refractivity contribution in [2.75, 3.05) is 13.0 Å². The maximum atomic E-state index is 11.4. The zero-order valence-corrected chi connectivity index (χ0v) is 8.55. The van der Waals surface area contributed by atoms with Gasteiger partial charge in [-0.05, 0) is 6.92 Å². The van der Waals surface area contributed by atoms with E-state index in [1.807, 2.05) is 0 Å². The Balaban J connectivity index is 3.24. The number of hydrogen-bond acceptors (Lipinski definition) is 3. The number of aryl methyl sites for hydroxylation is 2. The number of carbonyl (C=O) groups excluding carboxylic acids is 1. The molecule has 0 unspecified atom stereocenters. The van der Waals surface area contributed by atoms with Crippen LogP contribution in [0.2, 0.25) is 0 Å². The Bertz CT molecular complexity index is 333. The van der Waals surface area contributed by atoms with Crippen molar-refractivity contribution >= 4 is 17.4 Å². The normalized spacial score (nSPS) is 10.2. The quantitative estimate of drug-likeness (QED) is 0.546. The van der Waals surface area contributed by atoms with Crippen LogP contribution in [0.4, 0.5) is 0 Å². The molecule has 0 aliphatic rings. The van der Waals surface area contributed by atoms with Crippen molar-refractivity contribution in [3.8, 4) is 5.88 Å². The van der Waals surface area contributed by atoms with Crippen molar-refractivity contribution in [1.29, 1.82) is 0 Å². The molecule has 1 heterocycles. The Hall–Kier alpha value is -1.03. The minimum Gasteiger partial charge on any atom is -0.481 e. The first-order chi connectivity index (χ1) is 6.11. The lowest BCUT2D eigenvalue weighted by Crippen LogP contribution is -2.04. The third-order valence-electron chi connectivity index (χ3n) is 1.76. The van der Waals surface area contributed by atoms with E-state index in [0.29, 0.717) is 17.1 Å². The van der Waals surface area contributed by atoms with Crippen molar-refractivity contribution in [1.82, 2.24) is 9.78 Å². The van der Waals surface area contributed by atoms with Crippen LogP contribution in [0.3, 0.4) is 0 Å². The number of halogens is 1. The topological polar surface area (TPSA) is 44.1 Å². The van der Waals surface area contributed by atoms with Gasteiger partial charge in [-0.15, -0.1) is 11.6 Å². The zero-order valence-electron chi connectivity index (χ0n) is 7.80. The number of rotatable bonds is 3. The fraction of sp³-hybridized carbons (Fsp3) is 0.500. The summed E-state index contributed by atoms with van der Waals surface area (Å²) >= 11 is 5.45. The van der Waals surface area contributed by atoms with Crippen LogP contribution in [0.15, 0.2) is 0 Å². The molecule has 5 heteroatoms. The highest BCUT2D eigenvalue weighted by molar-refractivity contribution is 6.30. The maximum absolute atomic E-state index is 11.4. The van der Waals surface area contributed by atoms with E-state index in [4.69, 9.17) is 16.3 Å². The predicted molar refractivity (Wildman–Crippen MR) is 49.5 cm³/mol. The van der Waals surface area contributed by atoms with Crippen LogP contribution in [-0.2, 0) is 7.05 Å². The smallest absolute Gasteiger partial charge is 0.222 e. The molecule has 0 radical (unpaired) electrons. The molecule has 0 amide bonds. The molecule has 0 atom stereocenters. The Morgan fingerprint density at radius 1 is 1.69 bits per heavy atom. The molecule has 0 bridgehead atoms. The fourth-order valence-electron chi connectivity index (χ4n) is 1.26. The van der Waals surface area contributed by atoms with Gasteiger partial charge in [0.1, 0.15) is 5.56 Å². The summed E-state index contributed by atoms with van der Waals surface area (Å²) in [5.41, 5.74) is 1.12. The Morgan fingerprint density at radius 3 is 2.77 bits per heavy atom. The first-order valence-corrected chi connectivity index (χ1v) is 4.32. The van der Waals surface area contributed by atoms with Gasteiger partial charge in [-0.1, -0.05) is 0 Å². The number of hydrogen-bond donors (Lipinski definition) is 0. The lowest BCUT2D eigenvalue weighted by atomic mass is 10.2. The third kappa shape index (κ3) is 1.67. The highest BCUT2D eigenvalue weighted by Gasteiger charge is 2.19. The van der Waals surface area contributed by atoms with Gasteiger partial charge in [0.15, 0.2) is 5.78 Å². The summed E-state index contributed by atoms with van der Waals surface area (Å²) in [6, 6.07) is 0. The number of carbonyl (C=O) groups is 1. The minimum atomic E-state index is -0.163. The number of aromatic nitrogens is 2. The highest BCUT2D eigenvalue weighted by Crippen LogP contribution is 2.21. The van der Waals surface area contributed by atoms with E-state index in [1.54, 1.807) is 14.0 Å². The standard InChI is InChI=1S/C8H11ClN2O2/c1-5-7(6(12)4-9)8(13-3)11(2)10-5/h4H2,1-3H3. The van der Waals surface area contributed by atoms with Crippen LogP contribution < -0.4 is 4.74 Å². The number of nitrogens with zero attached hydrogens (tertiary/aromatic N) is 2. The molecular weight excluding hydrogens is 192 g/mol. The predicted octanol–water partition coefficient (Wildman–Crippen LogP) is 1.16. The van der Waals surface area contributed by atoms with Gasteiger partial charge >= 0.3 is 0 Å². The number of methoxy groups -OCH3 is 1. The molecular formula is C8H11ClN2O2. The maximum Gasteiger partial charge on any atom is 0.222 e. The summed E-state index contributed by atoms with van der Waals surface area (Å²) in [6.07, 6.45) is 0. The van der Waals surface area contributed by atoms with Gasteiger partial charge in [0.05, 0.1) is 18.7 Å². The van der Waals surface area contributed by atoms with Gasteiger partial charge in [-0.2, -0.15) is 5.10 Å². The van der Waals surface area contributed by atoms with Crippen molar-refractivity contribution < 1.29 is 9.53 Å². The summed E-state index contributed by atoms with van der Waals surface area (Å²) in [7, 11) is 3.22. The molecule has 0 aliphatic heterocycles. The number of Topliss-reactive ketones (excluding diaryl/α,β-unsaturated/α-hetero) is 1. The molecule has 13 heavy (non-hydrogen) atoms. The van der Waals surface area contributed by atoms with Gasteiger partial charge in [-0.3, -0.25) is 4.79 Å². The molecule has 0 aliphatic carbocycles. The van der Waals surface area contributed by atoms with Crippen LogP contribution in [0.25, 0.3) is 0 Å². The van der Waals surface area contributed by atoms with Crippen molar-refractivity contribution in [3.05, 3.63) is 11.3 Å². The Labute approximate surface area is 81.4 Å². The van der Waals surface area contributed by atoms with E-state index in [2.05, 4.69) is 5.10 Å². The molecule has 0 saturated heterocycles. The van der Waals surface area contributed by atoms with E-state index in [1.165, 1.54) is 11.8 Å². The van der Waals surface area contributed by atoms with Gasteiger partial charge in [0.2, 0.25) is 5.88 Å². The van der Waals surface area contributed by atoms with Gasteiger partial charge < -0.3 is 4.74 Å². The number of ether oxygens (including phenoxy) is 1. The van der Waals surface area contributed by atoms with E-state index in [9.17, 15) is 4.79 Å². The summed E-state index contributed by atoms with van der Waals surface area (Å²) in [5, 5.41) is 4.06. The Morgan fingerprint density at radius 2 is 2.31 bits per heavy atom. The summed E-state index contributed by atoms with van der Waals surface area (Å²) in [5.74, 6) is 0.246. The van der Waals surface area contributed by atoms with E-state index in [-0.39, 0.29) is 11.7 Å². The van der Waals surface area contributed by atoms with Gasteiger partial charge in [0, 0.05) is 7.05 Å². The second-order valence-corrected chi connectivity index (χ2v) is 2.92. The minimum absolute atomic E-state index is 0.0527. The second-order valence-electron chi connectivity index (χ2n) is 2.65. The van der Waals surface area contributed by atoms with Gasteiger partial charge in [-0.25, -0.2) is 4.68 Å². The van der Waals surface area contributed by atoms with Crippen LogP contribution in [0.5, 0.6) is 5.88 Å². The fourth-order valence-corrected chi connectivity index (χ4v) is 1.39. The molecule has 0 N–H and O–H groups in total. The average molecular weight is 203 g/mol. The van der Waals surface area contributed by atoms with E-state index in [0.717, 1.165) is 0 Å². The number of alkyl halides is 1. The molecule has 0 aromatic carbocycles. The van der Waals surface area contributed by atoms with E-state index >= 15 is 0 Å². The lowest BCUT2D eigenvalue weighted by Gasteiger charge is -2.01. The lowest BCUT2D eigenvalue weighted by molar-refractivity contribution is 0.101. The second kappa shape index (κ2) is 3.79. The van der Waals surface area contributed by atoms with Crippen molar-refractivity contribution in [3.63, 3.8) is 0 Å². The van der Waals surface area contributed by atoms with Crippen molar-refractivity contribution in [2.45, 2.75) is 6.92 Å². The van der Waals surface area contributed by atoms with Crippen LogP contribution >= 0.6 is 11.6 Å². The molecule has 1 rings (SSSR count). The van der Waals surface area contributed by atoms with Crippen LogP contribution in [-0.4, -0.2) is 28.6 Å². The summed E-state index contributed by atoms with van der Waals surface area (Å²) in [4.78, 5) is 11.4. The van der Waals surface area contributed by atoms with Crippen LogP contribution in [0, 0.1) is 6.92 Å². The molecule has 0 fully saturated rings. The van der Waals surface area contributed by atoms with Crippen LogP contribution in [0.1, 0.15) is 16.1 Å². The highest BCUT2D eigenvalue weighted by atomic mass is 35.5. The molecule has 0 saturated carbocycles. The molecule has 4 nitrogen and oxygen atoms in total. The Kier molecular flexibility index (Phi) is 2.93. The average Bonchev–Trinajstić information content (AvgIpc) is 2.39.